The third kappa shape index (κ3) is 5.03. The van der Waals surface area contributed by atoms with Crippen molar-refractivity contribution in [3.8, 4) is 45.0 Å². The Morgan fingerprint density at radius 3 is 2.07 bits per heavy atom. The Morgan fingerprint density at radius 2 is 1.26 bits per heavy atom. The topological polar surface area (TPSA) is 26.0 Å². The molecule has 3 aliphatic rings. The highest BCUT2D eigenvalue weighted by Gasteiger charge is 2.45. The molecule has 0 saturated carbocycles. The molecule has 0 N–H and O–H groups in total. The highest BCUT2D eigenvalue weighted by Crippen LogP contribution is 2.53. The summed E-state index contributed by atoms with van der Waals surface area (Å²) in [5.41, 5.74) is 22.2. The van der Waals surface area contributed by atoms with Crippen molar-refractivity contribution in [2.45, 2.75) is 45.4 Å². The zero-order valence-corrected chi connectivity index (χ0v) is 39.4. The van der Waals surface area contributed by atoms with Crippen LogP contribution in [0.3, 0.4) is 0 Å². The van der Waals surface area contributed by atoms with E-state index < -0.39 is 0 Å². The summed E-state index contributed by atoms with van der Waals surface area (Å²) in [7, 11) is 0. The smallest absolute Gasteiger partial charge is 0.333 e. The summed E-state index contributed by atoms with van der Waals surface area (Å²) in [6, 6.07) is 68.6. The van der Waals surface area contributed by atoms with E-state index in [0.717, 1.165) is 28.1 Å². The molecule has 0 radical (unpaired) electrons. The minimum atomic E-state index is -0.151. The zero-order chi connectivity index (χ0) is 45.4. The average molecular weight is 889 g/mol. The van der Waals surface area contributed by atoms with Gasteiger partial charge in [0.2, 0.25) is 0 Å². The lowest BCUT2D eigenvalue weighted by Crippen LogP contribution is -2.60. The first kappa shape index (κ1) is 38.4. The van der Waals surface area contributed by atoms with Gasteiger partial charge in [-0.1, -0.05) is 150 Å². The van der Waals surface area contributed by atoms with Crippen molar-refractivity contribution in [2.75, 3.05) is 4.81 Å². The maximum Gasteiger partial charge on any atom is 0.333 e. The minimum absolute atomic E-state index is 0.0201. The van der Waals surface area contributed by atoms with Crippen molar-refractivity contribution in [3.05, 3.63) is 199 Å². The van der Waals surface area contributed by atoms with Crippen molar-refractivity contribution in [2.24, 2.45) is 0 Å². The fourth-order valence-electron chi connectivity index (χ4n) is 12.4. The molecule has 4 nitrogen and oxygen atoms in total. The Kier molecular flexibility index (Phi) is 7.50. The number of thiophene rings is 1. The second-order valence-corrected chi connectivity index (χ2v) is 21.8. The lowest BCUT2D eigenvalue weighted by Gasteiger charge is -2.42. The van der Waals surface area contributed by atoms with Gasteiger partial charge in [0.15, 0.2) is 0 Å². The largest absolute Gasteiger partial charge is 0.376 e. The van der Waals surface area contributed by atoms with E-state index in [-0.39, 0.29) is 17.7 Å². The molecule has 0 amide bonds. The first-order valence-electron chi connectivity index (χ1n) is 23.9. The van der Waals surface area contributed by atoms with Gasteiger partial charge in [0.25, 0.3) is 0 Å². The number of fused-ring (bicyclic) bond motifs is 15. The second-order valence-electron chi connectivity index (χ2n) is 20.7. The van der Waals surface area contributed by atoms with Crippen LogP contribution in [0.5, 0.6) is 0 Å². The number of benzene rings is 9. The van der Waals surface area contributed by atoms with E-state index in [1.807, 2.05) is 11.3 Å². The summed E-state index contributed by atoms with van der Waals surface area (Å²) in [4.78, 5) is 8.28. The van der Waals surface area contributed by atoms with E-state index in [1.165, 1.54) is 109 Å². The molecule has 68 heavy (non-hydrogen) atoms. The number of hydrogen-bond donors (Lipinski definition) is 0. The van der Waals surface area contributed by atoms with Gasteiger partial charge >= 0.3 is 6.85 Å². The number of para-hydroxylation sites is 1. The van der Waals surface area contributed by atoms with Crippen LogP contribution in [0.2, 0.25) is 0 Å². The molecule has 2 aliphatic heterocycles. The van der Waals surface area contributed by atoms with Gasteiger partial charge in [-0.15, -0.1) is 11.3 Å². The highest BCUT2D eigenvalue weighted by molar-refractivity contribution is 7.25. The average Bonchev–Trinajstić information content (AvgIpc) is 4.08. The first-order valence-corrected chi connectivity index (χ1v) is 24.7. The zero-order valence-electron chi connectivity index (χ0n) is 38.6. The van der Waals surface area contributed by atoms with E-state index in [2.05, 4.69) is 231 Å². The van der Waals surface area contributed by atoms with Gasteiger partial charge in [-0.25, -0.2) is 4.98 Å². The summed E-state index contributed by atoms with van der Waals surface area (Å²) >= 11 is 1.90. The van der Waals surface area contributed by atoms with Gasteiger partial charge in [-0.05, 0) is 116 Å². The molecule has 322 valence electrons. The van der Waals surface area contributed by atoms with E-state index >= 15 is 0 Å². The van der Waals surface area contributed by atoms with Gasteiger partial charge in [-0.3, -0.25) is 4.57 Å². The Hall–Kier alpha value is -7.67. The SMILES string of the molecule is CC(C)(C)c1ccc(N2B3c4cc5nc(-c6ccccc6)n(-c6ccccc6)c5cc4-n4c5cc6c(cc5c5ccc(c3c54)-c3cc4sc5ccccc5c4cc32)-c2ccccc2C6(C)C)cc1. The first-order chi connectivity index (χ1) is 33.1. The Balaban J connectivity index is 1.11. The van der Waals surface area contributed by atoms with Gasteiger partial charge in [0.1, 0.15) is 5.82 Å². The summed E-state index contributed by atoms with van der Waals surface area (Å²) in [5, 5.41) is 5.18. The summed E-state index contributed by atoms with van der Waals surface area (Å²) < 4.78 is 7.64. The Morgan fingerprint density at radius 1 is 0.515 bits per heavy atom. The predicted octanol–water partition coefficient (Wildman–Crippen LogP) is 15.0. The molecule has 0 fully saturated rings. The molecule has 6 heteroatoms. The summed E-state index contributed by atoms with van der Waals surface area (Å²) in [5.74, 6) is 0.933. The van der Waals surface area contributed by atoms with Crippen molar-refractivity contribution in [3.63, 3.8) is 0 Å². The monoisotopic (exact) mass is 888 g/mol. The van der Waals surface area contributed by atoms with Crippen molar-refractivity contribution in [1.29, 1.82) is 0 Å². The van der Waals surface area contributed by atoms with Gasteiger partial charge in [-0.2, -0.15) is 0 Å². The number of rotatable bonds is 3. The van der Waals surface area contributed by atoms with E-state index in [9.17, 15) is 0 Å². The second kappa shape index (κ2) is 13.3. The van der Waals surface area contributed by atoms with Gasteiger partial charge < -0.3 is 9.38 Å². The standard InChI is InChI=1S/C62H45BN4S/c1-61(2,3)37-24-26-39(27-25-37)67-53-31-47-41-21-13-15-23-56(41)68-57(47)32-46(53)42-28-29-43-45-30-44-40-20-12-14-22-48(40)62(4,5)49(44)33-52(45)66-54-35-55-51(34-50(54)63(67)58(42)59(43)66)64-60(36-16-8-6-9-17-36)65(55)38-18-10-7-11-19-38/h6-35H,1-5H3. The van der Waals surface area contributed by atoms with Crippen LogP contribution in [0.4, 0.5) is 11.4 Å². The lowest BCUT2D eigenvalue weighted by atomic mass is 9.44. The lowest BCUT2D eigenvalue weighted by molar-refractivity contribution is 0.590. The molecule has 5 heterocycles. The van der Waals surface area contributed by atoms with Crippen LogP contribution in [-0.4, -0.2) is 21.0 Å². The highest BCUT2D eigenvalue weighted by atomic mass is 32.1. The maximum absolute atomic E-state index is 5.61. The number of anilines is 2. The molecular formula is C62H45BN4S. The normalized spacial score (nSPS) is 14.3. The molecule has 1 aliphatic carbocycles. The van der Waals surface area contributed by atoms with Crippen molar-refractivity contribution >= 4 is 93.5 Å². The molecule has 0 bridgehead atoms. The third-order valence-electron chi connectivity index (χ3n) is 15.6. The molecule has 0 atom stereocenters. The quantitative estimate of drug-likeness (QED) is 0.165. The number of aromatic nitrogens is 3. The maximum atomic E-state index is 5.61. The molecule has 15 rings (SSSR count). The fraction of sp³-hybridized carbons (Fsp3) is 0.113. The third-order valence-corrected chi connectivity index (χ3v) is 16.8. The van der Waals surface area contributed by atoms with Crippen molar-refractivity contribution in [1.82, 2.24) is 14.1 Å². The van der Waals surface area contributed by atoms with Gasteiger partial charge in [0.05, 0.1) is 22.1 Å². The summed E-state index contributed by atoms with van der Waals surface area (Å²) in [6.45, 7) is 11.6. The van der Waals surface area contributed by atoms with Crippen LogP contribution < -0.4 is 15.7 Å². The number of hydrogen-bond acceptors (Lipinski definition) is 3. The van der Waals surface area contributed by atoms with Crippen LogP contribution in [0, 0.1) is 0 Å². The molecule has 0 spiro atoms. The summed E-state index contributed by atoms with van der Waals surface area (Å²) in [6.07, 6.45) is 0. The van der Waals surface area contributed by atoms with Gasteiger partial charge in [0, 0.05) is 70.2 Å². The van der Waals surface area contributed by atoms with E-state index in [4.69, 9.17) is 4.98 Å². The van der Waals surface area contributed by atoms with Crippen LogP contribution >= 0.6 is 11.3 Å². The predicted molar refractivity (Wildman–Crippen MR) is 289 cm³/mol. The number of imidazole rings is 1. The van der Waals surface area contributed by atoms with Crippen LogP contribution in [0.1, 0.15) is 51.3 Å². The molecular weight excluding hydrogens is 844 g/mol. The van der Waals surface area contributed by atoms with E-state index in [1.54, 1.807) is 0 Å². The molecule has 9 aromatic carbocycles. The molecule has 3 aromatic heterocycles. The molecule has 0 saturated heterocycles. The minimum Gasteiger partial charge on any atom is -0.376 e. The Labute approximate surface area is 399 Å². The molecule has 12 aromatic rings. The van der Waals surface area contributed by atoms with E-state index in [0.29, 0.717) is 0 Å². The molecule has 0 unspecified atom stereocenters. The van der Waals surface area contributed by atoms with Crippen LogP contribution in [-0.2, 0) is 10.8 Å². The van der Waals surface area contributed by atoms with Crippen LogP contribution in [0.15, 0.2) is 182 Å². The fourth-order valence-corrected chi connectivity index (χ4v) is 13.5. The number of nitrogens with zero attached hydrogens (tertiary/aromatic N) is 4. The van der Waals surface area contributed by atoms with Crippen LogP contribution in [0.25, 0.3) is 98.0 Å². The Bertz CT molecular complexity index is 4150. The van der Waals surface area contributed by atoms with Crippen molar-refractivity contribution < 1.29 is 0 Å².